The molecular weight excluding hydrogens is 288 g/mol. The van der Waals surface area contributed by atoms with E-state index in [1.165, 1.54) is 30.3 Å². The van der Waals surface area contributed by atoms with E-state index in [1.807, 2.05) is 4.72 Å². The topological polar surface area (TPSA) is 84.2 Å². The summed E-state index contributed by atoms with van der Waals surface area (Å²) in [5.74, 6) is 2.78. The molecule has 0 aliphatic heterocycles. The molecule has 0 heterocycles. The molecule has 5 nitrogen and oxygen atoms in total. The van der Waals surface area contributed by atoms with Gasteiger partial charge in [0.1, 0.15) is 0 Å². The van der Waals surface area contributed by atoms with E-state index in [1.54, 1.807) is 0 Å². The Bertz CT molecular complexity index is 718. The van der Waals surface area contributed by atoms with Crippen LogP contribution in [0.15, 0.2) is 47.4 Å². The second-order valence-electron chi connectivity index (χ2n) is 3.88. The normalized spacial score (nSPS) is 11.2. The third-order valence-corrected chi connectivity index (χ3v) is 3.91. The van der Waals surface area contributed by atoms with E-state index in [4.69, 9.17) is 5.84 Å². The van der Waals surface area contributed by atoms with Crippen molar-refractivity contribution in [2.75, 3.05) is 10.1 Å². The molecular formula is C12H11F2N3O2S. The Morgan fingerprint density at radius 2 is 1.65 bits per heavy atom. The van der Waals surface area contributed by atoms with Gasteiger partial charge in [0.05, 0.1) is 10.6 Å². The first-order chi connectivity index (χ1) is 9.44. The Morgan fingerprint density at radius 1 is 1.00 bits per heavy atom. The van der Waals surface area contributed by atoms with Crippen LogP contribution in [0.3, 0.4) is 0 Å². The van der Waals surface area contributed by atoms with Gasteiger partial charge in [-0.15, -0.1) is 0 Å². The van der Waals surface area contributed by atoms with E-state index in [2.05, 4.69) is 5.43 Å². The number of hydrazine groups is 1. The largest absolute Gasteiger partial charge is 0.324 e. The minimum absolute atomic E-state index is 0.0971. The lowest BCUT2D eigenvalue weighted by atomic mass is 10.3. The van der Waals surface area contributed by atoms with Crippen molar-refractivity contribution in [1.29, 1.82) is 0 Å². The molecule has 0 unspecified atom stereocenters. The van der Waals surface area contributed by atoms with Gasteiger partial charge in [0.2, 0.25) is 0 Å². The van der Waals surface area contributed by atoms with Gasteiger partial charge in [0.25, 0.3) is 10.0 Å². The van der Waals surface area contributed by atoms with Crippen molar-refractivity contribution in [1.82, 2.24) is 0 Å². The zero-order valence-electron chi connectivity index (χ0n) is 10.1. The molecule has 0 aromatic heterocycles. The predicted molar refractivity (Wildman–Crippen MR) is 71.4 cm³/mol. The summed E-state index contributed by atoms with van der Waals surface area (Å²) >= 11 is 0. The van der Waals surface area contributed by atoms with E-state index in [0.717, 1.165) is 12.1 Å². The molecule has 0 saturated heterocycles. The van der Waals surface area contributed by atoms with Crippen LogP contribution in [-0.2, 0) is 10.0 Å². The van der Waals surface area contributed by atoms with Crippen molar-refractivity contribution < 1.29 is 17.2 Å². The maximum Gasteiger partial charge on any atom is 0.261 e. The predicted octanol–water partition coefficient (Wildman–Crippen LogP) is 2.05. The summed E-state index contributed by atoms with van der Waals surface area (Å²) in [4.78, 5) is -0.0971. The molecule has 0 fully saturated rings. The fourth-order valence-corrected chi connectivity index (χ4v) is 2.58. The highest BCUT2D eigenvalue weighted by atomic mass is 32.2. The van der Waals surface area contributed by atoms with Crippen LogP contribution in [0.2, 0.25) is 0 Å². The highest BCUT2D eigenvalue weighted by Gasteiger charge is 2.17. The molecule has 0 aliphatic rings. The van der Waals surface area contributed by atoms with Crippen LogP contribution in [0.25, 0.3) is 0 Å². The Hall–Kier alpha value is -2.19. The summed E-state index contributed by atoms with van der Waals surface area (Å²) < 4.78 is 52.5. The summed E-state index contributed by atoms with van der Waals surface area (Å²) in [6.45, 7) is 0. The Kier molecular flexibility index (Phi) is 3.86. The zero-order chi connectivity index (χ0) is 14.8. The van der Waals surface area contributed by atoms with Crippen molar-refractivity contribution in [3.63, 3.8) is 0 Å². The summed E-state index contributed by atoms with van der Waals surface area (Å²) in [6, 6.07) is 8.69. The van der Waals surface area contributed by atoms with Crippen LogP contribution in [0, 0.1) is 11.6 Å². The second-order valence-corrected chi connectivity index (χ2v) is 5.56. The van der Waals surface area contributed by atoms with Gasteiger partial charge in [-0.25, -0.2) is 17.2 Å². The van der Waals surface area contributed by atoms with Crippen molar-refractivity contribution in [3.8, 4) is 0 Å². The van der Waals surface area contributed by atoms with E-state index in [-0.39, 0.29) is 4.90 Å². The fraction of sp³-hybridized carbons (Fsp3) is 0. The molecule has 0 atom stereocenters. The lowest BCUT2D eigenvalue weighted by molar-refractivity contribution is 0.511. The van der Waals surface area contributed by atoms with Gasteiger partial charge in [0, 0.05) is 5.69 Å². The highest BCUT2D eigenvalue weighted by Crippen LogP contribution is 2.21. The lowest BCUT2D eigenvalue weighted by Crippen LogP contribution is -2.14. The molecule has 2 rings (SSSR count). The maximum atomic E-state index is 13.4. The number of anilines is 2. The number of nitrogens with two attached hydrogens (primary N) is 1. The van der Waals surface area contributed by atoms with Crippen molar-refractivity contribution in [2.45, 2.75) is 4.90 Å². The van der Waals surface area contributed by atoms with Gasteiger partial charge in [-0.1, -0.05) is 6.07 Å². The van der Waals surface area contributed by atoms with Crippen LogP contribution < -0.4 is 16.0 Å². The van der Waals surface area contributed by atoms with Crippen LogP contribution >= 0.6 is 0 Å². The van der Waals surface area contributed by atoms with E-state index in [9.17, 15) is 17.2 Å². The molecule has 0 spiro atoms. The minimum atomic E-state index is -4.00. The molecule has 20 heavy (non-hydrogen) atoms. The number of nitrogen functional groups attached to an aromatic ring is 1. The number of halogens is 2. The monoisotopic (exact) mass is 299 g/mol. The Morgan fingerprint density at radius 3 is 2.25 bits per heavy atom. The van der Waals surface area contributed by atoms with Gasteiger partial charge in [-0.05, 0) is 36.4 Å². The molecule has 106 valence electrons. The lowest BCUT2D eigenvalue weighted by Gasteiger charge is -2.09. The smallest absolute Gasteiger partial charge is 0.261 e. The van der Waals surface area contributed by atoms with Crippen molar-refractivity contribution in [2.24, 2.45) is 5.84 Å². The molecule has 4 N–H and O–H groups in total. The summed E-state index contributed by atoms with van der Waals surface area (Å²) in [5.41, 5.74) is 2.41. The van der Waals surface area contributed by atoms with Crippen molar-refractivity contribution >= 4 is 21.4 Å². The fourth-order valence-electron chi connectivity index (χ4n) is 1.52. The number of hydrogen-bond donors (Lipinski definition) is 3. The van der Waals surface area contributed by atoms with Crippen molar-refractivity contribution in [3.05, 3.63) is 54.1 Å². The van der Waals surface area contributed by atoms with Gasteiger partial charge in [-0.2, -0.15) is 0 Å². The third-order valence-electron chi connectivity index (χ3n) is 2.53. The molecule has 0 saturated carbocycles. The van der Waals surface area contributed by atoms with Crippen LogP contribution in [0.1, 0.15) is 0 Å². The molecule has 8 heteroatoms. The number of sulfonamides is 1. The first-order valence-electron chi connectivity index (χ1n) is 5.47. The Balaban J connectivity index is 2.33. The molecule has 0 aliphatic carbocycles. The zero-order valence-corrected chi connectivity index (χ0v) is 10.9. The average Bonchev–Trinajstić information content (AvgIpc) is 2.44. The second kappa shape index (κ2) is 5.43. The average molecular weight is 299 g/mol. The summed E-state index contributed by atoms with van der Waals surface area (Å²) in [5, 5.41) is 0. The molecule has 0 bridgehead atoms. The van der Waals surface area contributed by atoms with Gasteiger partial charge in [0.15, 0.2) is 11.6 Å². The van der Waals surface area contributed by atoms with Crippen LogP contribution in [-0.4, -0.2) is 8.42 Å². The minimum Gasteiger partial charge on any atom is -0.324 e. The van der Waals surface area contributed by atoms with Gasteiger partial charge >= 0.3 is 0 Å². The van der Waals surface area contributed by atoms with Crippen LogP contribution in [0.5, 0.6) is 0 Å². The molecule has 2 aromatic carbocycles. The van der Waals surface area contributed by atoms with Gasteiger partial charge in [-0.3, -0.25) is 10.6 Å². The number of nitrogens with one attached hydrogen (secondary N) is 2. The SMILES string of the molecule is NNc1ccc(S(=O)(=O)Nc2cccc(F)c2F)cc1. The molecule has 0 radical (unpaired) electrons. The van der Waals surface area contributed by atoms with E-state index < -0.39 is 27.3 Å². The van der Waals surface area contributed by atoms with Gasteiger partial charge < -0.3 is 5.43 Å². The first-order valence-corrected chi connectivity index (χ1v) is 6.96. The van der Waals surface area contributed by atoms with Crippen LogP contribution in [0.4, 0.5) is 20.2 Å². The quantitative estimate of drug-likeness (QED) is 0.596. The first kappa shape index (κ1) is 14.2. The number of rotatable bonds is 4. The molecule has 2 aromatic rings. The number of benzene rings is 2. The summed E-state index contributed by atoms with van der Waals surface area (Å²) in [6.07, 6.45) is 0. The number of hydrogen-bond acceptors (Lipinski definition) is 4. The summed E-state index contributed by atoms with van der Waals surface area (Å²) in [7, 11) is -4.00. The Labute approximate surface area is 114 Å². The molecule has 0 amide bonds. The third kappa shape index (κ3) is 2.86. The standard InChI is InChI=1S/C12H11F2N3O2S/c13-10-2-1-3-11(12(10)14)17-20(18,19)9-6-4-8(16-15)5-7-9/h1-7,16-17H,15H2. The highest BCUT2D eigenvalue weighted by molar-refractivity contribution is 7.92. The maximum absolute atomic E-state index is 13.4. The van der Waals surface area contributed by atoms with E-state index in [0.29, 0.717) is 5.69 Å². The van der Waals surface area contributed by atoms with E-state index >= 15 is 0 Å².